The van der Waals surface area contributed by atoms with Crippen LogP contribution in [0.5, 0.6) is 5.75 Å². The normalized spacial score (nSPS) is 17.2. The second kappa shape index (κ2) is 7.05. The summed E-state index contributed by atoms with van der Waals surface area (Å²) in [6, 6.07) is 7.36. The van der Waals surface area contributed by atoms with Gasteiger partial charge in [0.1, 0.15) is 11.9 Å². The molecule has 0 bridgehead atoms. The van der Waals surface area contributed by atoms with Crippen molar-refractivity contribution in [2.24, 2.45) is 0 Å². The van der Waals surface area contributed by atoms with Crippen molar-refractivity contribution < 1.29 is 14.3 Å². The Morgan fingerprint density at radius 2 is 2.25 bits per heavy atom. The van der Waals surface area contributed by atoms with E-state index in [1.807, 2.05) is 25.1 Å². The Morgan fingerprint density at radius 1 is 1.42 bits per heavy atom. The van der Waals surface area contributed by atoms with Gasteiger partial charge in [-0.25, -0.2) is 0 Å². The van der Waals surface area contributed by atoms with E-state index in [9.17, 15) is 9.59 Å². The Labute approximate surface area is 140 Å². The zero-order valence-electron chi connectivity index (χ0n) is 14.0. The number of hydrogen-bond donors (Lipinski definition) is 1. The maximum atomic E-state index is 12.5. The van der Waals surface area contributed by atoms with E-state index in [0.717, 1.165) is 23.7 Å². The van der Waals surface area contributed by atoms with Gasteiger partial charge in [0, 0.05) is 24.8 Å². The summed E-state index contributed by atoms with van der Waals surface area (Å²) in [5, 5.41) is 0.908. The van der Waals surface area contributed by atoms with Crippen LogP contribution in [0.4, 0.5) is 0 Å². The Kier molecular flexibility index (Phi) is 4.85. The molecule has 1 aromatic heterocycles. The lowest BCUT2D eigenvalue weighted by Gasteiger charge is -2.23. The summed E-state index contributed by atoms with van der Waals surface area (Å²) in [6.07, 6.45) is 1.30. The minimum absolute atomic E-state index is 0.0378. The topological polar surface area (TPSA) is 71.6 Å². The van der Waals surface area contributed by atoms with Crippen molar-refractivity contribution in [3.05, 3.63) is 40.2 Å². The number of carbonyl (C=O) groups is 1. The van der Waals surface area contributed by atoms with E-state index in [-0.39, 0.29) is 24.1 Å². The number of rotatable bonds is 5. The van der Waals surface area contributed by atoms with Gasteiger partial charge >= 0.3 is 0 Å². The van der Waals surface area contributed by atoms with E-state index in [2.05, 4.69) is 4.98 Å². The molecule has 1 atom stereocenters. The van der Waals surface area contributed by atoms with Crippen molar-refractivity contribution in [2.45, 2.75) is 32.4 Å². The fourth-order valence-corrected chi connectivity index (χ4v) is 3.00. The third-order valence-corrected chi connectivity index (χ3v) is 4.39. The third-order valence-electron chi connectivity index (χ3n) is 4.39. The van der Waals surface area contributed by atoms with Crippen molar-refractivity contribution in [3.63, 3.8) is 0 Å². The van der Waals surface area contributed by atoms with Crippen LogP contribution in [-0.2, 0) is 16.1 Å². The highest BCUT2D eigenvalue weighted by Gasteiger charge is 2.27. The van der Waals surface area contributed by atoms with Crippen LogP contribution < -0.4 is 10.3 Å². The molecule has 1 saturated heterocycles. The SMILES string of the molecule is CCN(Cc1cc2ccc(OC)cc2[nH]c1=O)C(=O)C1CCCO1. The van der Waals surface area contributed by atoms with Crippen LogP contribution in [-0.4, -0.2) is 42.2 Å². The predicted octanol–water partition coefficient (Wildman–Crippen LogP) is 2.06. The highest BCUT2D eigenvalue weighted by atomic mass is 16.5. The van der Waals surface area contributed by atoms with Crippen LogP contribution in [0, 0.1) is 0 Å². The molecule has 6 heteroatoms. The average Bonchev–Trinajstić information content (AvgIpc) is 3.13. The molecule has 0 radical (unpaired) electrons. The molecule has 24 heavy (non-hydrogen) atoms. The quantitative estimate of drug-likeness (QED) is 0.911. The molecule has 1 aliphatic rings. The summed E-state index contributed by atoms with van der Waals surface area (Å²) in [4.78, 5) is 29.4. The number of fused-ring (bicyclic) bond motifs is 1. The number of benzene rings is 1. The number of methoxy groups -OCH3 is 1. The standard InChI is InChI=1S/C18H22N2O4/c1-3-20(18(22)16-5-4-8-24-16)11-13-9-12-6-7-14(23-2)10-15(12)19-17(13)21/h6-7,9-10,16H,3-5,8,11H2,1-2H3,(H,19,21). The fraction of sp³-hybridized carbons (Fsp3) is 0.444. The van der Waals surface area contributed by atoms with Crippen molar-refractivity contribution in [2.75, 3.05) is 20.3 Å². The van der Waals surface area contributed by atoms with Crippen LogP contribution in [0.1, 0.15) is 25.3 Å². The Hall–Kier alpha value is -2.34. The number of nitrogens with zero attached hydrogens (tertiary/aromatic N) is 1. The largest absolute Gasteiger partial charge is 0.497 e. The van der Waals surface area contributed by atoms with Crippen LogP contribution in [0.25, 0.3) is 10.9 Å². The van der Waals surface area contributed by atoms with Crippen LogP contribution in [0.3, 0.4) is 0 Å². The van der Waals surface area contributed by atoms with E-state index >= 15 is 0 Å². The summed E-state index contributed by atoms with van der Waals surface area (Å²) in [6.45, 7) is 3.37. The highest BCUT2D eigenvalue weighted by molar-refractivity contribution is 5.82. The van der Waals surface area contributed by atoms with E-state index in [0.29, 0.717) is 24.5 Å². The van der Waals surface area contributed by atoms with Gasteiger partial charge in [0.05, 0.1) is 19.2 Å². The molecule has 1 aliphatic heterocycles. The first-order valence-electron chi connectivity index (χ1n) is 8.22. The summed E-state index contributed by atoms with van der Waals surface area (Å²) < 4.78 is 10.6. The minimum atomic E-state index is -0.367. The molecule has 0 aliphatic carbocycles. The number of nitrogens with one attached hydrogen (secondary N) is 1. The number of aromatic nitrogens is 1. The van der Waals surface area contributed by atoms with Gasteiger partial charge in [-0.05, 0) is 43.4 Å². The lowest BCUT2D eigenvalue weighted by molar-refractivity contribution is -0.141. The smallest absolute Gasteiger partial charge is 0.253 e. The van der Waals surface area contributed by atoms with Gasteiger partial charge in [-0.2, -0.15) is 0 Å². The summed E-state index contributed by atoms with van der Waals surface area (Å²) in [5.74, 6) is 0.652. The Bertz CT molecular complexity index is 793. The molecular formula is C18H22N2O4. The zero-order chi connectivity index (χ0) is 17.1. The third kappa shape index (κ3) is 3.28. The molecule has 1 unspecified atom stereocenters. The Morgan fingerprint density at radius 3 is 2.92 bits per heavy atom. The van der Waals surface area contributed by atoms with Crippen LogP contribution in [0.15, 0.2) is 29.1 Å². The average molecular weight is 330 g/mol. The van der Waals surface area contributed by atoms with Gasteiger partial charge in [-0.15, -0.1) is 0 Å². The number of aromatic amines is 1. The van der Waals surface area contributed by atoms with Gasteiger partial charge in [0.25, 0.3) is 11.5 Å². The molecule has 0 spiro atoms. The number of amides is 1. The van der Waals surface area contributed by atoms with Gasteiger partial charge in [0.15, 0.2) is 0 Å². The first kappa shape index (κ1) is 16.5. The number of hydrogen-bond acceptors (Lipinski definition) is 4. The maximum Gasteiger partial charge on any atom is 0.253 e. The van der Waals surface area contributed by atoms with Crippen molar-refractivity contribution in [3.8, 4) is 5.75 Å². The fourth-order valence-electron chi connectivity index (χ4n) is 3.00. The summed E-state index contributed by atoms with van der Waals surface area (Å²) >= 11 is 0. The number of H-pyrrole nitrogens is 1. The highest BCUT2D eigenvalue weighted by Crippen LogP contribution is 2.20. The second-order valence-electron chi connectivity index (χ2n) is 5.93. The molecular weight excluding hydrogens is 308 g/mol. The molecule has 2 aromatic rings. The molecule has 2 heterocycles. The number of carbonyl (C=O) groups excluding carboxylic acids is 1. The number of pyridine rings is 1. The van der Waals surface area contributed by atoms with Crippen LogP contribution in [0.2, 0.25) is 0 Å². The predicted molar refractivity (Wildman–Crippen MR) is 91.2 cm³/mol. The van der Waals surface area contributed by atoms with Crippen molar-refractivity contribution in [1.29, 1.82) is 0 Å². The molecule has 1 N–H and O–H groups in total. The van der Waals surface area contributed by atoms with E-state index < -0.39 is 0 Å². The van der Waals surface area contributed by atoms with Gasteiger partial charge < -0.3 is 19.4 Å². The first-order valence-corrected chi connectivity index (χ1v) is 8.22. The van der Waals surface area contributed by atoms with E-state index in [1.165, 1.54) is 0 Å². The van der Waals surface area contributed by atoms with E-state index in [1.54, 1.807) is 18.1 Å². The van der Waals surface area contributed by atoms with Crippen molar-refractivity contribution in [1.82, 2.24) is 9.88 Å². The molecule has 1 fully saturated rings. The van der Waals surface area contributed by atoms with Crippen molar-refractivity contribution >= 4 is 16.8 Å². The van der Waals surface area contributed by atoms with Gasteiger partial charge in [-0.1, -0.05) is 0 Å². The molecule has 3 rings (SSSR count). The zero-order valence-corrected chi connectivity index (χ0v) is 14.0. The molecule has 6 nitrogen and oxygen atoms in total. The Balaban J connectivity index is 1.86. The van der Waals surface area contributed by atoms with Gasteiger partial charge in [0.2, 0.25) is 0 Å². The molecule has 1 amide bonds. The van der Waals surface area contributed by atoms with Crippen LogP contribution >= 0.6 is 0 Å². The monoisotopic (exact) mass is 330 g/mol. The lowest BCUT2D eigenvalue weighted by atomic mass is 10.1. The minimum Gasteiger partial charge on any atom is -0.497 e. The molecule has 1 aromatic carbocycles. The van der Waals surface area contributed by atoms with Gasteiger partial charge in [-0.3, -0.25) is 9.59 Å². The summed E-state index contributed by atoms with van der Waals surface area (Å²) in [7, 11) is 1.59. The summed E-state index contributed by atoms with van der Waals surface area (Å²) in [5.41, 5.74) is 1.10. The van der Waals surface area contributed by atoms with E-state index in [4.69, 9.17) is 9.47 Å². The molecule has 0 saturated carbocycles. The number of likely N-dealkylation sites (N-methyl/N-ethyl adjacent to an activating group) is 1. The number of ether oxygens (including phenoxy) is 2. The molecule has 128 valence electrons. The maximum absolute atomic E-state index is 12.5. The second-order valence-corrected chi connectivity index (χ2v) is 5.93. The first-order chi connectivity index (χ1) is 11.6. The lowest BCUT2D eigenvalue weighted by Crippen LogP contribution is -2.39.